The van der Waals surface area contributed by atoms with Crippen molar-refractivity contribution in [3.8, 4) is 5.75 Å². The molecular weight excluding hydrogens is 1950 g/mol. The van der Waals surface area contributed by atoms with E-state index in [1.54, 1.807) is 58.0 Å². The Morgan fingerprint density at radius 3 is 1.21 bits per heavy atom. The molecule has 0 saturated carbocycles. The molecule has 1 saturated heterocycles. The summed E-state index contributed by atoms with van der Waals surface area (Å²) in [6.45, 7) is 10.7. The van der Waals surface area contributed by atoms with Gasteiger partial charge in [-0.25, -0.2) is 4.79 Å². The fourth-order valence-corrected chi connectivity index (χ4v) is 16.7. The molecule has 150 heavy (non-hydrogen) atoms. The summed E-state index contributed by atoms with van der Waals surface area (Å²) in [6, 6.07) is -8.06. The number of rotatable bonds is 79. The number of benzene rings is 2. The van der Waals surface area contributed by atoms with Crippen LogP contribution in [0.5, 0.6) is 5.75 Å². The molecule has 49 heteroatoms. The number of phenolic OH excluding ortho intramolecular Hbond substituents is 1. The summed E-state index contributed by atoms with van der Waals surface area (Å²) in [6.07, 6.45) is 11.7. The molecule has 1 heterocycles. The maximum Gasteiger partial charge on any atom is 0.326 e. The van der Waals surface area contributed by atoms with E-state index >= 15 is 4.79 Å². The van der Waals surface area contributed by atoms with E-state index < -0.39 is 235 Å². The average molecular weight is 2120 g/mol. The van der Waals surface area contributed by atoms with Gasteiger partial charge in [0.2, 0.25) is 100 Å². The van der Waals surface area contributed by atoms with Crippen LogP contribution in [0.1, 0.15) is 278 Å². The number of aliphatic hydroxyl groups is 1. The van der Waals surface area contributed by atoms with E-state index in [1.807, 2.05) is 0 Å². The number of carbonyl (C=O) groups excluding carboxylic acids is 17. The third-order valence-corrected chi connectivity index (χ3v) is 24.9. The summed E-state index contributed by atoms with van der Waals surface area (Å²) in [4.78, 5) is 267. The van der Waals surface area contributed by atoms with Gasteiger partial charge in [-0.3, -0.25) is 97.1 Å². The lowest BCUT2D eigenvalue weighted by Gasteiger charge is -2.31. The van der Waals surface area contributed by atoms with Crippen molar-refractivity contribution in [3.63, 3.8) is 0 Å². The number of hydrogen-bond acceptors (Lipinski definition) is 26. The van der Waals surface area contributed by atoms with E-state index in [0.717, 1.165) is 37.5 Å². The molecule has 1 aliphatic heterocycles. The van der Waals surface area contributed by atoms with Crippen molar-refractivity contribution in [3.05, 3.63) is 65.7 Å². The number of unbranched alkanes of at least 4 members (excludes halogenated alkanes) is 15. The zero-order chi connectivity index (χ0) is 112. The first kappa shape index (κ1) is 131. The number of aliphatic hydroxyl groups excluding tert-OH is 1. The van der Waals surface area contributed by atoms with Gasteiger partial charge >= 0.3 is 11.9 Å². The SMILES string of the molecule is CCCCCCCCCCCCCCCC(=O)NCC(=O)NCC(=O)N[C@@H](Cc1ccc(O)cc1)C(=O)N[C@@H](CCC(N)=O)C(=O)N[C@@H](CCCCN)C(=O)N[C@@H](CCCCN)C(=O)N[C@@H](CC(C)C)C(=O)N[C@@H](CCCNC(=N)N)C(=O)N1CCC[C@@H]1C(=O)N[C@@H](C)C(=O)N[C@H](C(=O)N[C@@H](CC(=O)O)C(=O)N[C@@H](CCCCN)C(=O)N[C@@H](Cc1ccccc1)C(=O)N[C@@H](CCCNC(=N)N)C(=O)N[C@@H](CC(C)C)C(=O)O)[C@@H](C)O. The number of amides is 17. The third kappa shape index (κ3) is 54.7. The van der Waals surface area contributed by atoms with Crippen LogP contribution in [-0.2, 0) is 104 Å². The second-order valence-corrected chi connectivity index (χ2v) is 39.0. The number of nitrogens with one attached hydrogen (secondary N) is 19. The topological polar surface area (TPSA) is 817 Å². The van der Waals surface area contributed by atoms with Crippen molar-refractivity contribution in [1.29, 1.82) is 10.8 Å². The second kappa shape index (κ2) is 73.6. The number of guanidine groups is 2. The summed E-state index contributed by atoms with van der Waals surface area (Å²) < 4.78 is 0. The van der Waals surface area contributed by atoms with E-state index in [1.165, 1.54) is 82.6 Å². The molecule has 0 bridgehead atoms. The van der Waals surface area contributed by atoms with Gasteiger partial charge in [-0.15, -0.1) is 0 Å². The Kier molecular flexibility index (Phi) is 64.2. The normalized spacial score (nSPS) is 15.0. The van der Waals surface area contributed by atoms with Crippen LogP contribution in [0.25, 0.3) is 0 Å². The molecular formula is C101H170N26O23. The van der Waals surface area contributed by atoms with E-state index in [4.69, 9.17) is 45.2 Å². The van der Waals surface area contributed by atoms with E-state index in [-0.39, 0.29) is 184 Å². The zero-order valence-electron chi connectivity index (χ0n) is 88.1. The van der Waals surface area contributed by atoms with Crippen molar-refractivity contribution in [2.75, 3.05) is 52.4 Å². The molecule has 49 nitrogen and oxygen atoms in total. The lowest BCUT2D eigenvalue weighted by Crippen LogP contribution is -2.62. The van der Waals surface area contributed by atoms with Gasteiger partial charge in [0.1, 0.15) is 90.3 Å². The van der Waals surface area contributed by atoms with Crippen LogP contribution in [0.2, 0.25) is 0 Å². The lowest BCUT2D eigenvalue weighted by atomic mass is 10.00. The molecule has 0 unspecified atom stereocenters. The molecule has 35 N–H and O–H groups in total. The molecule has 1 fully saturated rings. The first-order chi connectivity index (χ1) is 71.3. The first-order valence-corrected chi connectivity index (χ1v) is 52.6. The highest BCUT2D eigenvalue weighted by Gasteiger charge is 2.43. The summed E-state index contributed by atoms with van der Waals surface area (Å²) in [5.41, 5.74) is 35.2. The van der Waals surface area contributed by atoms with Gasteiger partial charge in [0.15, 0.2) is 11.9 Å². The van der Waals surface area contributed by atoms with Crippen LogP contribution < -0.4 is 125 Å². The number of hydrogen-bond donors (Lipinski definition) is 29. The molecule has 0 aromatic heterocycles. The van der Waals surface area contributed by atoms with E-state index in [9.17, 15) is 107 Å². The molecule has 842 valence electrons. The number of aromatic hydroxyl groups is 1. The number of phenols is 1. The molecule has 2 aromatic rings. The molecule has 0 aliphatic carbocycles. The summed E-state index contributed by atoms with van der Waals surface area (Å²) in [7, 11) is 0. The fourth-order valence-electron chi connectivity index (χ4n) is 16.7. The zero-order valence-corrected chi connectivity index (χ0v) is 88.1. The monoisotopic (exact) mass is 2120 g/mol. The Morgan fingerprint density at radius 1 is 0.380 bits per heavy atom. The number of carboxylic acid groups (broad SMARTS) is 2. The Balaban J connectivity index is 1.89. The quantitative estimate of drug-likeness (QED) is 0.0202. The summed E-state index contributed by atoms with van der Waals surface area (Å²) in [5.74, 6) is -20.3. The van der Waals surface area contributed by atoms with Gasteiger partial charge < -0.3 is 150 Å². The maximum atomic E-state index is 15.1. The fraction of sp³-hybridized carbons (Fsp3) is 0.673. The maximum absolute atomic E-state index is 15.1. The van der Waals surface area contributed by atoms with Gasteiger partial charge in [-0.05, 0) is 191 Å². The number of primary amides is 1. The van der Waals surface area contributed by atoms with Gasteiger partial charge in [-0.1, -0.05) is 154 Å². The number of nitrogens with zero attached hydrogens (tertiary/aromatic N) is 1. The Labute approximate surface area is 878 Å². The van der Waals surface area contributed by atoms with Gasteiger partial charge in [0, 0.05) is 45.3 Å². The molecule has 3 rings (SSSR count). The Bertz CT molecular complexity index is 4610. The molecule has 17 amide bonds. The highest BCUT2D eigenvalue weighted by Crippen LogP contribution is 2.23. The smallest absolute Gasteiger partial charge is 0.326 e. The van der Waals surface area contributed by atoms with Gasteiger partial charge in [-0.2, -0.15) is 0 Å². The summed E-state index contributed by atoms with van der Waals surface area (Å²) >= 11 is 0. The lowest BCUT2D eigenvalue weighted by molar-refractivity contribution is -0.143. The van der Waals surface area contributed by atoms with Crippen molar-refractivity contribution in [2.45, 2.75) is 370 Å². The number of carboxylic acids is 2. The average Bonchev–Trinajstić information content (AvgIpc) is 1.66. The predicted octanol–water partition coefficient (Wildman–Crippen LogP) is -1.58. The highest BCUT2D eigenvalue weighted by atomic mass is 16.4. The van der Waals surface area contributed by atoms with Crippen LogP contribution >= 0.6 is 0 Å². The van der Waals surface area contributed by atoms with Crippen LogP contribution in [0, 0.1) is 22.7 Å². The molecule has 15 atom stereocenters. The minimum absolute atomic E-state index is 0.000181. The van der Waals surface area contributed by atoms with E-state index in [0.29, 0.717) is 30.4 Å². The van der Waals surface area contributed by atoms with Gasteiger partial charge in [0.25, 0.3) is 0 Å². The first-order valence-electron chi connectivity index (χ1n) is 52.6. The molecule has 0 radical (unpaired) electrons. The third-order valence-electron chi connectivity index (χ3n) is 24.9. The Hall–Kier alpha value is -13.4. The minimum Gasteiger partial charge on any atom is -0.508 e. The number of carbonyl (C=O) groups is 19. The summed E-state index contributed by atoms with van der Waals surface area (Å²) in [5, 5.41) is 100.0. The second-order valence-electron chi connectivity index (χ2n) is 39.0. The standard InChI is InChI=1S/C101H170N26O23/c1-8-9-10-11-12-13-14-15-16-17-18-19-23-41-81(131)112-59-82(132)113-60-83(133)115-75(57-66-42-44-67(129)45-43-66)93(143)120-72(46-47-80(105)130)91(141)117-68(35-24-27-48-102)87(137)116-69(36-25-28-49-103)88(138)122-74(54-61(2)3)92(142)121-73(39-31-52-111-101(108)109)98(148)127-53-32-40-79(127)96(146)114-63(6)86(136)126-85(64(7)128)97(147)124-77(58-84(134)135)95(145)118-70(37-26-29-50-104)89(139)123-76(56-65-33-21-20-22-34-65)94(144)119-71(38-30-51-110-100(106)107)90(140)125-78(99(149)150)55-62(4)5/h20-22,33-34,42-45,61-64,68-79,85,128-129H,8-19,23-32,35-41,46-60,102-104H2,1-7H3,(H2,105,130)(H,112,131)(H,113,132)(H,114,146)(H,115,133)(H,116,137)(H,117,141)(H,118,145)(H,119,144)(H,120,143)(H,121,142)(H,122,138)(H,123,139)(H,124,147)(H,125,140)(H,126,136)(H,134,135)(H,149,150)(H4,106,107,110)(H4,108,109,111)/t63-,64+,68-,69-,70-,71-,72-,73-,74-,75-,76-,77-,78-,79+,85-/m0/s1. The van der Waals surface area contributed by atoms with Crippen molar-refractivity contribution < 1.29 is 112 Å². The van der Waals surface area contributed by atoms with Crippen molar-refractivity contribution in [2.24, 2.45) is 46.2 Å². The highest BCUT2D eigenvalue weighted by molar-refractivity contribution is 6.02. The van der Waals surface area contributed by atoms with Crippen molar-refractivity contribution in [1.82, 2.24) is 95.3 Å². The largest absolute Gasteiger partial charge is 0.508 e. The van der Waals surface area contributed by atoms with Crippen molar-refractivity contribution >= 4 is 124 Å². The van der Waals surface area contributed by atoms with Crippen LogP contribution in [-0.4, -0.2) is 293 Å². The van der Waals surface area contributed by atoms with Crippen LogP contribution in [0.4, 0.5) is 0 Å². The minimum atomic E-state index is -2.06. The number of likely N-dealkylation sites (tertiary alicyclic amines) is 1. The molecule has 2 aromatic carbocycles. The Morgan fingerprint density at radius 2 is 0.760 bits per heavy atom. The number of nitrogens with two attached hydrogens (primary N) is 6. The van der Waals surface area contributed by atoms with E-state index in [2.05, 4.69) is 97.3 Å². The molecule has 0 spiro atoms. The van der Waals surface area contributed by atoms with Crippen LogP contribution in [0.3, 0.4) is 0 Å². The van der Waals surface area contributed by atoms with Gasteiger partial charge in [0.05, 0.1) is 25.6 Å². The molecule has 1 aliphatic rings. The number of aliphatic carboxylic acids is 2. The van der Waals surface area contributed by atoms with Crippen LogP contribution in [0.15, 0.2) is 54.6 Å². The predicted molar refractivity (Wildman–Crippen MR) is 560 cm³/mol.